The van der Waals surface area contributed by atoms with Crippen LogP contribution in [-0.4, -0.2) is 48.1 Å². The van der Waals surface area contributed by atoms with Crippen molar-refractivity contribution in [1.82, 2.24) is 15.3 Å². The lowest BCUT2D eigenvalue weighted by Gasteiger charge is -2.26. The minimum absolute atomic E-state index is 0.378. The number of anilines is 1. The predicted molar refractivity (Wildman–Crippen MR) is 91.9 cm³/mol. The van der Waals surface area contributed by atoms with Crippen molar-refractivity contribution in [3.63, 3.8) is 0 Å². The molecule has 0 unspecified atom stereocenters. The average molecular weight is 336 g/mol. The number of hydrogen-bond acceptors (Lipinski definition) is 6. The Balaban J connectivity index is 1.65. The van der Waals surface area contributed by atoms with Gasteiger partial charge in [0.05, 0.1) is 13.2 Å². The second-order valence-electron chi connectivity index (χ2n) is 5.80. The molecule has 1 N–H and O–H groups in total. The molecule has 7 nitrogen and oxygen atoms in total. The molecule has 1 saturated heterocycles. The monoisotopic (exact) mass is 336 g/mol. The number of imide groups is 1. The maximum absolute atomic E-state index is 12.2. The molecule has 0 spiro atoms. The maximum atomic E-state index is 12.2. The van der Waals surface area contributed by atoms with E-state index in [4.69, 9.17) is 4.74 Å². The maximum Gasteiger partial charge on any atom is 0.258 e. The van der Waals surface area contributed by atoms with Crippen LogP contribution in [0.15, 0.2) is 36.7 Å². The lowest BCUT2D eigenvalue weighted by Crippen LogP contribution is -2.37. The minimum atomic E-state index is -0.416. The summed E-state index contributed by atoms with van der Waals surface area (Å²) >= 11 is 0. The minimum Gasteiger partial charge on any atom is -0.378 e. The van der Waals surface area contributed by atoms with E-state index in [1.807, 2.05) is 0 Å². The van der Waals surface area contributed by atoms with Gasteiger partial charge in [-0.2, -0.15) is 0 Å². The van der Waals surface area contributed by atoms with Gasteiger partial charge in [0.15, 0.2) is 0 Å². The number of fused-ring (bicyclic) bond motifs is 1. The van der Waals surface area contributed by atoms with Crippen molar-refractivity contribution >= 4 is 29.4 Å². The van der Waals surface area contributed by atoms with Crippen LogP contribution in [0, 0.1) is 0 Å². The molecule has 0 bridgehead atoms. The van der Waals surface area contributed by atoms with E-state index < -0.39 is 5.91 Å². The number of ether oxygens (including phenoxy) is 1. The number of carbonyl (C=O) groups is 2. The normalized spacial score (nSPS) is 18.9. The molecule has 126 valence electrons. The molecular formula is C18H16N4O3. The average Bonchev–Trinajstić information content (AvgIpc) is 2.66. The summed E-state index contributed by atoms with van der Waals surface area (Å²) in [6, 6.07) is 7.03. The molecule has 2 amide bonds. The number of hydrogen-bond donors (Lipinski definition) is 1. The van der Waals surface area contributed by atoms with Gasteiger partial charge in [-0.3, -0.25) is 14.9 Å². The summed E-state index contributed by atoms with van der Waals surface area (Å²) in [6.45, 7) is 2.86. The Bertz CT molecular complexity index is 855. The van der Waals surface area contributed by atoms with Crippen molar-refractivity contribution in [2.24, 2.45) is 0 Å². The van der Waals surface area contributed by atoms with Crippen LogP contribution in [0.5, 0.6) is 0 Å². The Hall–Kier alpha value is -3.06. The second-order valence-corrected chi connectivity index (χ2v) is 5.80. The fourth-order valence-corrected chi connectivity index (χ4v) is 2.92. The van der Waals surface area contributed by atoms with Gasteiger partial charge in [-0.1, -0.05) is 18.2 Å². The largest absolute Gasteiger partial charge is 0.378 e. The number of rotatable bonds is 2. The Morgan fingerprint density at radius 3 is 2.40 bits per heavy atom. The van der Waals surface area contributed by atoms with Gasteiger partial charge in [-0.25, -0.2) is 9.97 Å². The molecule has 1 aromatic heterocycles. The van der Waals surface area contributed by atoms with Gasteiger partial charge in [-0.15, -0.1) is 0 Å². The van der Waals surface area contributed by atoms with Crippen LogP contribution >= 0.6 is 0 Å². The summed E-state index contributed by atoms with van der Waals surface area (Å²) in [5.74, 6) is -0.147. The smallest absolute Gasteiger partial charge is 0.258 e. The summed E-state index contributed by atoms with van der Waals surface area (Å²) in [5, 5.41) is 2.36. The summed E-state index contributed by atoms with van der Waals surface area (Å²) < 4.78 is 5.32. The van der Waals surface area contributed by atoms with Crippen molar-refractivity contribution in [3.8, 4) is 0 Å². The van der Waals surface area contributed by atoms with E-state index in [9.17, 15) is 9.59 Å². The van der Waals surface area contributed by atoms with Crippen LogP contribution in [0.4, 0.5) is 5.95 Å². The zero-order chi connectivity index (χ0) is 17.2. The topological polar surface area (TPSA) is 84.4 Å². The van der Waals surface area contributed by atoms with Crippen molar-refractivity contribution in [1.29, 1.82) is 0 Å². The third-order valence-electron chi connectivity index (χ3n) is 4.20. The van der Waals surface area contributed by atoms with Crippen molar-refractivity contribution in [3.05, 3.63) is 53.3 Å². The molecule has 7 heteroatoms. The molecule has 2 aromatic rings. The van der Waals surface area contributed by atoms with Crippen LogP contribution in [0.3, 0.4) is 0 Å². The van der Waals surface area contributed by atoms with Crippen molar-refractivity contribution in [2.75, 3.05) is 31.2 Å². The highest BCUT2D eigenvalue weighted by Gasteiger charge is 2.26. The summed E-state index contributed by atoms with van der Waals surface area (Å²) in [7, 11) is 0. The van der Waals surface area contributed by atoms with E-state index in [1.54, 1.807) is 42.7 Å². The first kappa shape index (κ1) is 15.5. The second kappa shape index (κ2) is 6.45. The first-order chi connectivity index (χ1) is 12.2. The number of benzene rings is 1. The molecule has 1 fully saturated rings. The van der Waals surface area contributed by atoms with Gasteiger partial charge in [0, 0.05) is 42.2 Å². The standard InChI is InChI=1S/C18H16N4O3/c23-16-14-4-2-1-3-13(14)15(17(24)21-16)9-12-10-19-18(20-11-12)22-5-7-25-8-6-22/h1-4,9-11H,5-8H2,(H,21,23,24)/b15-9-. The van der Waals surface area contributed by atoms with Gasteiger partial charge in [0.25, 0.3) is 11.8 Å². The van der Waals surface area contributed by atoms with Gasteiger partial charge in [-0.05, 0) is 17.7 Å². The van der Waals surface area contributed by atoms with Gasteiger partial charge in [0.1, 0.15) is 0 Å². The number of aromatic nitrogens is 2. The molecular weight excluding hydrogens is 320 g/mol. The number of nitrogens with one attached hydrogen (secondary N) is 1. The van der Waals surface area contributed by atoms with E-state index in [2.05, 4.69) is 20.2 Å². The Morgan fingerprint density at radius 1 is 1.00 bits per heavy atom. The molecule has 25 heavy (non-hydrogen) atoms. The molecule has 1 aromatic carbocycles. The molecule has 4 rings (SSSR count). The van der Waals surface area contributed by atoms with Crippen LogP contribution in [-0.2, 0) is 9.53 Å². The molecule has 0 atom stereocenters. The van der Waals surface area contributed by atoms with Gasteiger partial charge in [0.2, 0.25) is 5.95 Å². The zero-order valence-electron chi connectivity index (χ0n) is 13.4. The molecule has 0 radical (unpaired) electrons. The molecule has 3 heterocycles. The number of carbonyl (C=O) groups excluding carboxylic acids is 2. The summed E-state index contributed by atoms with van der Waals surface area (Å²) in [5.41, 5.74) is 2.23. The van der Waals surface area contributed by atoms with Crippen LogP contribution < -0.4 is 10.2 Å². The first-order valence-corrected chi connectivity index (χ1v) is 8.04. The van der Waals surface area contributed by atoms with Crippen molar-refractivity contribution in [2.45, 2.75) is 0 Å². The van der Waals surface area contributed by atoms with E-state index in [0.29, 0.717) is 41.4 Å². The Labute approximate surface area is 144 Å². The third-order valence-corrected chi connectivity index (χ3v) is 4.20. The van der Waals surface area contributed by atoms with Gasteiger partial charge < -0.3 is 9.64 Å². The Morgan fingerprint density at radius 2 is 1.68 bits per heavy atom. The van der Waals surface area contributed by atoms with E-state index in [1.165, 1.54) is 0 Å². The molecule has 0 aliphatic carbocycles. The highest BCUT2D eigenvalue weighted by Crippen LogP contribution is 2.25. The van der Waals surface area contributed by atoms with Crippen LogP contribution in [0.2, 0.25) is 0 Å². The highest BCUT2D eigenvalue weighted by atomic mass is 16.5. The van der Waals surface area contributed by atoms with E-state index >= 15 is 0 Å². The lowest BCUT2D eigenvalue weighted by atomic mass is 9.94. The lowest BCUT2D eigenvalue weighted by molar-refractivity contribution is -0.114. The SMILES string of the molecule is O=C1NC(=O)c2ccccc2/C1=C/c1cnc(N2CCOCC2)nc1. The van der Waals surface area contributed by atoms with Gasteiger partial charge >= 0.3 is 0 Å². The Kier molecular flexibility index (Phi) is 3.99. The molecule has 0 saturated carbocycles. The number of nitrogens with zero attached hydrogens (tertiary/aromatic N) is 3. The van der Waals surface area contributed by atoms with Crippen molar-refractivity contribution < 1.29 is 14.3 Å². The highest BCUT2D eigenvalue weighted by molar-refractivity contribution is 6.33. The predicted octanol–water partition coefficient (Wildman–Crippen LogP) is 1.12. The molecule has 2 aliphatic heterocycles. The van der Waals surface area contributed by atoms with E-state index in [-0.39, 0.29) is 5.91 Å². The first-order valence-electron chi connectivity index (χ1n) is 8.04. The molecule has 2 aliphatic rings. The van der Waals surface area contributed by atoms with Crippen LogP contribution in [0.25, 0.3) is 11.6 Å². The third kappa shape index (κ3) is 3.01. The number of morpholine rings is 1. The fraction of sp³-hybridized carbons (Fsp3) is 0.222. The summed E-state index contributed by atoms with van der Waals surface area (Å²) in [4.78, 5) is 35.0. The quantitative estimate of drug-likeness (QED) is 0.654. The van der Waals surface area contributed by atoms with Crippen LogP contribution in [0.1, 0.15) is 21.5 Å². The zero-order valence-corrected chi connectivity index (χ0v) is 13.4. The van der Waals surface area contributed by atoms with E-state index in [0.717, 1.165) is 13.1 Å². The summed E-state index contributed by atoms with van der Waals surface area (Å²) in [6.07, 6.45) is 5.05. The number of amides is 2. The fourth-order valence-electron chi connectivity index (χ4n) is 2.92.